The molecule has 5 rings (SSSR count). The van der Waals surface area contributed by atoms with Crippen LogP contribution in [0.15, 0.2) is 36.7 Å². The smallest absolute Gasteiger partial charge is 0.236 e. The monoisotopic (exact) mass is 451 g/mol. The predicted molar refractivity (Wildman–Crippen MR) is 126 cm³/mol. The molecule has 2 aliphatic rings. The van der Waals surface area contributed by atoms with Crippen LogP contribution in [0.5, 0.6) is 5.88 Å². The molecule has 1 aromatic carbocycles. The van der Waals surface area contributed by atoms with E-state index in [2.05, 4.69) is 33.5 Å². The van der Waals surface area contributed by atoms with E-state index in [9.17, 15) is 4.79 Å². The summed E-state index contributed by atoms with van der Waals surface area (Å²) in [5.74, 6) is 1.12. The Morgan fingerprint density at radius 2 is 1.81 bits per heavy atom. The Kier molecular flexibility index (Phi) is 6.21. The molecular weight excluding hydrogens is 422 g/mol. The first-order chi connectivity index (χ1) is 15.7. The number of rotatable bonds is 5. The van der Waals surface area contributed by atoms with Crippen molar-refractivity contribution in [3.8, 4) is 5.88 Å². The quantitative estimate of drug-likeness (QED) is 0.610. The normalized spacial score (nSPS) is 22.1. The van der Waals surface area contributed by atoms with E-state index in [1.165, 1.54) is 4.70 Å². The van der Waals surface area contributed by atoms with Gasteiger partial charge >= 0.3 is 0 Å². The van der Waals surface area contributed by atoms with E-state index in [0.717, 1.165) is 68.0 Å². The number of anilines is 1. The number of carbonyl (C=O) groups is 1. The molecule has 0 radical (unpaired) electrons. The predicted octanol–water partition coefficient (Wildman–Crippen LogP) is 4.61. The first kappa shape index (κ1) is 21.1. The molecule has 1 saturated heterocycles. The van der Waals surface area contributed by atoms with Gasteiger partial charge in [-0.25, -0.2) is 9.97 Å². The molecule has 1 saturated carbocycles. The number of amides is 1. The molecule has 3 aromatic rings. The Labute approximate surface area is 192 Å². The first-order valence-electron chi connectivity index (χ1n) is 11.5. The third-order valence-electron chi connectivity index (χ3n) is 6.59. The topological polar surface area (TPSA) is 80.2 Å². The van der Waals surface area contributed by atoms with E-state index in [4.69, 9.17) is 9.72 Å². The van der Waals surface area contributed by atoms with Crippen molar-refractivity contribution in [2.45, 2.75) is 63.5 Å². The fourth-order valence-electron chi connectivity index (χ4n) is 4.77. The van der Waals surface area contributed by atoms with Crippen LogP contribution in [0.1, 0.15) is 57.1 Å². The Balaban J connectivity index is 1.16. The second-order valence-electron chi connectivity index (χ2n) is 8.75. The van der Waals surface area contributed by atoms with Crippen molar-refractivity contribution >= 4 is 32.6 Å². The fourth-order valence-corrected chi connectivity index (χ4v) is 5.71. The van der Waals surface area contributed by atoms with Gasteiger partial charge in [0.2, 0.25) is 11.8 Å². The number of likely N-dealkylation sites (tertiary alicyclic amines) is 1. The molecular formula is C24H29N5O2S. The van der Waals surface area contributed by atoms with Crippen LogP contribution >= 0.6 is 11.3 Å². The van der Waals surface area contributed by atoms with Crippen LogP contribution < -0.4 is 10.1 Å². The number of piperidine rings is 1. The summed E-state index contributed by atoms with van der Waals surface area (Å²) in [5, 5.41) is 4.63. The number of fused-ring (bicyclic) bond motifs is 1. The van der Waals surface area contributed by atoms with E-state index in [1.54, 1.807) is 30.7 Å². The third-order valence-corrected chi connectivity index (χ3v) is 7.56. The lowest BCUT2D eigenvalue weighted by molar-refractivity contribution is -0.129. The van der Waals surface area contributed by atoms with E-state index >= 15 is 0 Å². The minimum Gasteiger partial charge on any atom is -0.473 e. The summed E-state index contributed by atoms with van der Waals surface area (Å²) in [6.45, 7) is 3.19. The summed E-state index contributed by atoms with van der Waals surface area (Å²) < 4.78 is 7.58. The minimum absolute atomic E-state index is 0.148. The number of nitrogens with one attached hydrogen (secondary N) is 1. The molecule has 2 fully saturated rings. The average Bonchev–Trinajstić information content (AvgIpc) is 3.23. The van der Waals surface area contributed by atoms with Crippen LogP contribution in [0.2, 0.25) is 0 Å². The molecule has 1 N–H and O–H groups in total. The van der Waals surface area contributed by atoms with Gasteiger partial charge in [-0.2, -0.15) is 0 Å². The molecule has 32 heavy (non-hydrogen) atoms. The lowest BCUT2D eigenvalue weighted by atomic mass is 9.92. The van der Waals surface area contributed by atoms with Gasteiger partial charge in [-0.05, 0) is 50.7 Å². The standard InChI is InChI=1S/C24H29N5O2S/c1-16(30)29-14-10-17(11-15-29)22-23(26-13-12-25-22)31-19-8-6-18(7-9-19)27-24-28-20-4-2-3-5-21(20)32-24/h2-5,12-13,17-19H,6-11,14-15H2,1H3,(H,27,28). The molecule has 1 aliphatic heterocycles. The van der Waals surface area contributed by atoms with Gasteiger partial charge in [-0.1, -0.05) is 23.5 Å². The van der Waals surface area contributed by atoms with E-state index in [0.29, 0.717) is 17.8 Å². The zero-order chi connectivity index (χ0) is 21.9. The largest absolute Gasteiger partial charge is 0.473 e. The highest BCUT2D eigenvalue weighted by Crippen LogP contribution is 2.34. The first-order valence-corrected chi connectivity index (χ1v) is 12.3. The second kappa shape index (κ2) is 9.40. The maximum Gasteiger partial charge on any atom is 0.236 e. The highest BCUT2D eigenvalue weighted by Gasteiger charge is 2.28. The van der Waals surface area contributed by atoms with Crippen LogP contribution in [0.3, 0.4) is 0 Å². The second-order valence-corrected chi connectivity index (χ2v) is 9.78. The average molecular weight is 452 g/mol. The van der Waals surface area contributed by atoms with Crippen molar-refractivity contribution in [3.63, 3.8) is 0 Å². The summed E-state index contributed by atoms with van der Waals surface area (Å²) in [7, 11) is 0. The van der Waals surface area contributed by atoms with Crippen LogP contribution in [-0.4, -0.2) is 51.0 Å². The van der Waals surface area contributed by atoms with Crippen LogP contribution in [0.4, 0.5) is 5.13 Å². The van der Waals surface area contributed by atoms with Gasteiger partial charge in [0.25, 0.3) is 0 Å². The van der Waals surface area contributed by atoms with Crippen LogP contribution in [0.25, 0.3) is 10.2 Å². The molecule has 1 aliphatic carbocycles. The van der Waals surface area contributed by atoms with Crippen molar-refractivity contribution in [1.82, 2.24) is 19.9 Å². The Hall–Kier alpha value is -2.74. The molecule has 8 heteroatoms. The number of nitrogens with zero attached hydrogens (tertiary/aromatic N) is 4. The van der Waals surface area contributed by atoms with Crippen molar-refractivity contribution < 1.29 is 9.53 Å². The van der Waals surface area contributed by atoms with Crippen molar-refractivity contribution in [1.29, 1.82) is 0 Å². The molecule has 7 nitrogen and oxygen atoms in total. The number of thiazole rings is 1. The van der Waals surface area contributed by atoms with Crippen molar-refractivity contribution in [3.05, 3.63) is 42.4 Å². The molecule has 0 unspecified atom stereocenters. The fraction of sp³-hybridized carbons (Fsp3) is 0.500. The third kappa shape index (κ3) is 4.70. The van der Waals surface area contributed by atoms with Gasteiger partial charge in [0.1, 0.15) is 11.8 Å². The Morgan fingerprint density at radius 1 is 1.06 bits per heavy atom. The lowest BCUT2D eigenvalue weighted by Gasteiger charge is -2.32. The Morgan fingerprint density at radius 3 is 2.56 bits per heavy atom. The van der Waals surface area contributed by atoms with Gasteiger partial charge in [0.15, 0.2) is 5.13 Å². The number of para-hydroxylation sites is 1. The van der Waals surface area contributed by atoms with E-state index < -0.39 is 0 Å². The van der Waals surface area contributed by atoms with Gasteiger partial charge in [-0.3, -0.25) is 9.78 Å². The van der Waals surface area contributed by atoms with E-state index in [1.807, 2.05) is 11.0 Å². The van der Waals surface area contributed by atoms with Crippen molar-refractivity contribution in [2.24, 2.45) is 0 Å². The highest BCUT2D eigenvalue weighted by atomic mass is 32.1. The summed E-state index contributed by atoms with van der Waals surface area (Å²) in [4.78, 5) is 27.4. The number of hydrogen-bond donors (Lipinski definition) is 1. The maximum atomic E-state index is 11.6. The number of carbonyl (C=O) groups excluding carboxylic acids is 1. The van der Waals surface area contributed by atoms with Crippen LogP contribution in [-0.2, 0) is 4.79 Å². The molecule has 2 aromatic heterocycles. The molecule has 1 amide bonds. The number of benzene rings is 1. The number of ether oxygens (including phenoxy) is 1. The summed E-state index contributed by atoms with van der Waals surface area (Å²) in [6, 6.07) is 8.69. The molecule has 0 atom stereocenters. The minimum atomic E-state index is 0.148. The van der Waals surface area contributed by atoms with Gasteiger partial charge < -0.3 is 15.0 Å². The van der Waals surface area contributed by atoms with Crippen molar-refractivity contribution in [2.75, 3.05) is 18.4 Å². The molecule has 0 bridgehead atoms. The van der Waals surface area contributed by atoms with Gasteiger partial charge in [-0.15, -0.1) is 0 Å². The van der Waals surface area contributed by atoms with Crippen LogP contribution in [0, 0.1) is 0 Å². The van der Waals surface area contributed by atoms with Gasteiger partial charge in [0.05, 0.1) is 10.2 Å². The molecule has 0 spiro atoms. The lowest BCUT2D eigenvalue weighted by Crippen LogP contribution is -2.36. The zero-order valence-corrected chi connectivity index (χ0v) is 19.2. The number of hydrogen-bond acceptors (Lipinski definition) is 7. The zero-order valence-electron chi connectivity index (χ0n) is 18.4. The SMILES string of the molecule is CC(=O)N1CCC(c2nccnc2OC2CCC(Nc3nc4ccccc4s3)CC2)CC1. The Bertz CT molecular complexity index is 1040. The van der Waals surface area contributed by atoms with Gasteiger partial charge in [0, 0.05) is 44.4 Å². The maximum absolute atomic E-state index is 11.6. The molecule has 3 heterocycles. The summed E-state index contributed by atoms with van der Waals surface area (Å²) >= 11 is 1.72. The summed E-state index contributed by atoms with van der Waals surface area (Å²) in [6.07, 6.45) is 9.52. The highest BCUT2D eigenvalue weighted by molar-refractivity contribution is 7.22. The van der Waals surface area contributed by atoms with E-state index in [-0.39, 0.29) is 12.0 Å². The molecule has 168 valence electrons. The number of aromatic nitrogens is 3. The summed E-state index contributed by atoms with van der Waals surface area (Å²) in [5.41, 5.74) is 2.01.